The number of hydrogen-bond donors (Lipinski definition) is 4. The van der Waals surface area contributed by atoms with E-state index in [1.807, 2.05) is 0 Å². The van der Waals surface area contributed by atoms with Crippen LogP contribution in [0.4, 0.5) is 11.4 Å². The van der Waals surface area contributed by atoms with Gasteiger partial charge >= 0.3 is 118 Å². The SMILES string of the molecule is O=C(CCCCCCCCC(=O)Nc1cc(S(=O)(=O)[O-])cc2cc(S(=O)(=O)[O-])cc(O)c12)Nc1cc(S(=O)(=O)[O-])cc2cc(S(=O)(=O)[O-])cc(O)c12.[Na+].[Na+].[Na+].[Na+]. The van der Waals surface area contributed by atoms with Crippen LogP contribution in [-0.4, -0.2) is 73.9 Å². The van der Waals surface area contributed by atoms with Crippen molar-refractivity contribution in [2.75, 3.05) is 10.6 Å². The molecule has 0 saturated carbocycles. The van der Waals surface area contributed by atoms with Crippen molar-refractivity contribution in [3.8, 4) is 11.5 Å². The molecule has 4 rings (SSSR count). The summed E-state index contributed by atoms with van der Waals surface area (Å²) in [5.41, 5.74) is -0.598. The Bertz CT molecular complexity index is 2370. The minimum Gasteiger partial charge on any atom is -0.744 e. The van der Waals surface area contributed by atoms with Crippen molar-refractivity contribution in [2.24, 2.45) is 0 Å². The van der Waals surface area contributed by atoms with E-state index >= 15 is 0 Å². The van der Waals surface area contributed by atoms with Crippen LogP contribution in [0.5, 0.6) is 11.5 Å². The third-order valence-corrected chi connectivity index (χ3v) is 11.0. The fraction of sp³-hybridized carbons (Fsp3) is 0.267. The van der Waals surface area contributed by atoms with Crippen LogP contribution in [0.15, 0.2) is 68.1 Å². The van der Waals surface area contributed by atoms with Crippen LogP contribution in [-0.2, 0) is 50.1 Å². The maximum Gasteiger partial charge on any atom is 1.00 e. The van der Waals surface area contributed by atoms with Crippen molar-refractivity contribution in [2.45, 2.75) is 70.9 Å². The van der Waals surface area contributed by atoms with Gasteiger partial charge in [-0.05, 0) is 72.1 Å². The van der Waals surface area contributed by atoms with Crippen molar-refractivity contribution in [1.29, 1.82) is 0 Å². The number of benzene rings is 4. The monoisotopic (exact) mass is 892 g/mol. The second-order valence-corrected chi connectivity index (χ2v) is 17.1. The van der Waals surface area contributed by atoms with Gasteiger partial charge in [-0.2, -0.15) is 0 Å². The number of anilines is 2. The topological polar surface area (TPSA) is 327 Å². The molecular weight excluding hydrogens is 865 g/mol. The van der Waals surface area contributed by atoms with Gasteiger partial charge in [0.2, 0.25) is 11.8 Å². The van der Waals surface area contributed by atoms with Gasteiger partial charge in [0.15, 0.2) is 0 Å². The minimum atomic E-state index is -5.10. The second kappa shape index (κ2) is 22.4. The Kier molecular flexibility index (Phi) is 22.3. The molecule has 282 valence electrons. The van der Waals surface area contributed by atoms with Gasteiger partial charge in [-0.1, -0.05) is 25.7 Å². The summed E-state index contributed by atoms with van der Waals surface area (Å²) >= 11 is 0. The smallest absolute Gasteiger partial charge is 0.744 e. The molecule has 4 aromatic carbocycles. The van der Waals surface area contributed by atoms with E-state index < -0.39 is 83.4 Å². The molecule has 0 aliphatic carbocycles. The van der Waals surface area contributed by atoms with E-state index in [2.05, 4.69) is 10.6 Å². The van der Waals surface area contributed by atoms with Crippen molar-refractivity contribution in [1.82, 2.24) is 0 Å². The summed E-state index contributed by atoms with van der Waals surface area (Å²) in [5.74, 6) is -2.77. The summed E-state index contributed by atoms with van der Waals surface area (Å²) in [6.07, 6.45) is 2.84. The van der Waals surface area contributed by atoms with E-state index in [1.165, 1.54) is 0 Å². The van der Waals surface area contributed by atoms with Gasteiger partial charge in [-0.25, -0.2) is 33.7 Å². The number of rotatable bonds is 15. The molecule has 56 heavy (non-hydrogen) atoms. The van der Waals surface area contributed by atoms with Gasteiger partial charge in [0.1, 0.15) is 52.0 Å². The zero-order valence-electron chi connectivity index (χ0n) is 30.5. The molecule has 4 aromatic rings. The van der Waals surface area contributed by atoms with Gasteiger partial charge < -0.3 is 39.1 Å². The number of phenolic OH excluding ortho intramolecular Hbond substituents is 2. The molecule has 0 radical (unpaired) electrons. The molecule has 4 N–H and O–H groups in total. The number of hydrogen-bond acceptors (Lipinski definition) is 16. The van der Waals surface area contributed by atoms with E-state index in [0.29, 0.717) is 50.7 Å². The standard InChI is InChI=1S/C30H32N2O16S4.4Na/c33-25-15-21(51(43,44)45)11-17-9-19(49(37,38)39)13-23(29(17)25)31-27(35)7-5-3-1-2-4-6-8-28(36)32-24-14-20(50(40,41)42)10-18-12-22(52(46,47)48)16-26(34)30(18)24;;;;/h9-16,33-34H,1-8H2,(H,31,35)(H,32,36)(H,37,38,39)(H,40,41,42)(H,43,44,45)(H,46,47,48);;;;/q;4*+1/p-4. The normalized spacial score (nSPS) is 11.7. The summed E-state index contributed by atoms with van der Waals surface area (Å²) in [4.78, 5) is 21.8. The Morgan fingerprint density at radius 2 is 0.696 bits per heavy atom. The second-order valence-electron chi connectivity index (χ2n) is 11.6. The van der Waals surface area contributed by atoms with Gasteiger partial charge in [0, 0.05) is 23.6 Å². The first-order valence-electron chi connectivity index (χ1n) is 15.0. The molecule has 0 saturated heterocycles. The number of carbonyl (C=O) groups excluding carboxylic acids is 2. The zero-order valence-corrected chi connectivity index (χ0v) is 41.8. The van der Waals surface area contributed by atoms with Gasteiger partial charge in [0.05, 0.1) is 31.0 Å². The molecule has 0 spiro atoms. The number of fused-ring (bicyclic) bond motifs is 2. The van der Waals surface area contributed by atoms with Crippen LogP contribution in [0.1, 0.15) is 51.4 Å². The molecule has 0 aromatic heterocycles. The minimum absolute atomic E-state index is 0. The predicted molar refractivity (Wildman–Crippen MR) is 177 cm³/mol. The van der Waals surface area contributed by atoms with Crippen molar-refractivity contribution in [3.05, 3.63) is 48.5 Å². The van der Waals surface area contributed by atoms with Crippen LogP contribution >= 0.6 is 0 Å². The summed E-state index contributed by atoms with van der Waals surface area (Å²) < 4.78 is 139. The van der Waals surface area contributed by atoms with E-state index in [1.54, 1.807) is 0 Å². The van der Waals surface area contributed by atoms with Crippen LogP contribution in [0.25, 0.3) is 21.5 Å². The summed E-state index contributed by atoms with van der Waals surface area (Å²) in [7, 11) is -20.3. The molecule has 0 aliphatic rings. The molecule has 26 heteroatoms. The maximum absolute atomic E-state index is 12.6. The first-order chi connectivity index (χ1) is 23.9. The van der Waals surface area contributed by atoms with E-state index in [0.717, 1.165) is 36.4 Å². The van der Waals surface area contributed by atoms with E-state index in [9.17, 15) is 71.7 Å². The molecule has 18 nitrogen and oxygen atoms in total. The predicted octanol–water partition coefficient (Wildman–Crippen LogP) is -9.27. The quantitative estimate of drug-likeness (QED) is 0.0489. The van der Waals surface area contributed by atoms with E-state index in [-0.39, 0.29) is 164 Å². The van der Waals surface area contributed by atoms with Gasteiger partial charge in [-0.3, -0.25) is 9.59 Å². The first-order valence-corrected chi connectivity index (χ1v) is 20.6. The fourth-order valence-electron chi connectivity index (χ4n) is 5.36. The molecular formula is C30H28N2Na4O16S4. The fourth-order valence-corrected chi connectivity index (χ4v) is 7.48. The molecule has 0 unspecified atom stereocenters. The maximum atomic E-state index is 12.6. The van der Waals surface area contributed by atoms with E-state index in [4.69, 9.17) is 0 Å². The van der Waals surface area contributed by atoms with Crippen LogP contribution in [0.3, 0.4) is 0 Å². The Hall–Kier alpha value is -0.420. The number of phenols is 2. The van der Waals surface area contributed by atoms with Crippen LogP contribution < -0.4 is 129 Å². The van der Waals surface area contributed by atoms with Crippen molar-refractivity contribution < 1.29 is 190 Å². The molecule has 0 aliphatic heterocycles. The Balaban J connectivity index is 0.00000756. The number of nitrogens with one attached hydrogen (secondary N) is 2. The number of unbranched alkanes of at least 4 members (excludes halogenated alkanes) is 5. The molecule has 0 heterocycles. The Morgan fingerprint density at radius 3 is 0.964 bits per heavy atom. The summed E-state index contributed by atoms with van der Waals surface area (Å²) in [6, 6.07) is 5.91. The van der Waals surface area contributed by atoms with Gasteiger partial charge in [0.25, 0.3) is 0 Å². The first kappa shape index (κ1) is 55.6. The number of aromatic hydroxyl groups is 2. The zero-order chi connectivity index (χ0) is 38.8. The number of carbonyl (C=O) groups is 2. The average Bonchev–Trinajstić information content (AvgIpc) is 2.99. The van der Waals surface area contributed by atoms with Crippen LogP contribution in [0, 0.1) is 0 Å². The molecule has 0 bridgehead atoms. The molecule has 2 amide bonds. The third-order valence-electron chi connectivity index (χ3n) is 7.71. The molecule has 0 atom stereocenters. The van der Waals surface area contributed by atoms with Gasteiger partial charge in [-0.15, -0.1) is 0 Å². The molecule has 0 fully saturated rings. The van der Waals surface area contributed by atoms with Crippen LogP contribution in [0.2, 0.25) is 0 Å². The Labute approximate surface area is 411 Å². The average molecular weight is 893 g/mol. The number of amides is 2. The Morgan fingerprint density at radius 1 is 0.446 bits per heavy atom. The largest absolute Gasteiger partial charge is 1.00 e. The third kappa shape index (κ3) is 15.2. The summed E-state index contributed by atoms with van der Waals surface area (Å²) in [6.45, 7) is 0. The summed E-state index contributed by atoms with van der Waals surface area (Å²) in [5, 5.41) is 24.6. The van der Waals surface area contributed by atoms with Crippen molar-refractivity contribution in [3.63, 3.8) is 0 Å². The van der Waals surface area contributed by atoms with Crippen molar-refractivity contribution >= 4 is 85.2 Å².